The number of nitro groups is 1. The topological polar surface area (TPSA) is 147 Å². The molecule has 1 amide bonds. The molecule has 0 aliphatic rings. The third-order valence-electron chi connectivity index (χ3n) is 6.08. The number of hydrogen-bond donors (Lipinski definition) is 1. The number of esters is 1. The van der Waals surface area contributed by atoms with Gasteiger partial charge in [-0.2, -0.15) is 5.10 Å². The number of hydrogen-bond acceptors (Lipinski definition) is 9. The average molecular weight is 639 g/mol. The van der Waals surface area contributed by atoms with E-state index in [9.17, 15) is 19.7 Å². The molecule has 0 aliphatic heterocycles. The molecule has 0 spiro atoms. The molecule has 4 aromatic rings. The van der Waals surface area contributed by atoms with Gasteiger partial charge in [0.15, 0.2) is 11.9 Å². The van der Waals surface area contributed by atoms with Gasteiger partial charge in [-0.1, -0.05) is 0 Å². The molecule has 0 aliphatic carbocycles. The molecular weight excluding hydrogens is 612 g/mol. The zero-order chi connectivity index (χ0) is 30.4. The summed E-state index contributed by atoms with van der Waals surface area (Å²) in [6, 6.07) is 17.5. The third-order valence-corrected chi connectivity index (χ3v) is 6.67. The van der Waals surface area contributed by atoms with Crippen LogP contribution in [0.25, 0.3) is 5.69 Å². The molecule has 1 N–H and O–H groups in total. The minimum absolute atomic E-state index is 0.00682. The van der Waals surface area contributed by atoms with Gasteiger partial charge in [0.1, 0.15) is 18.1 Å². The summed E-state index contributed by atoms with van der Waals surface area (Å²) in [7, 11) is 1.18. The van der Waals surface area contributed by atoms with Crippen LogP contribution in [0.15, 0.2) is 74.7 Å². The monoisotopic (exact) mass is 638 g/mol. The fraction of sp³-hybridized carbons (Fsp3) is 0.207. The Morgan fingerprint density at radius 1 is 1.12 bits per heavy atom. The molecule has 2 aromatic carbocycles. The minimum atomic E-state index is -1.07. The van der Waals surface area contributed by atoms with Crippen LogP contribution in [0.3, 0.4) is 0 Å². The molecule has 0 radical (unpaired) electrons. The summed E-state index contributed by atoms with van der Waals surface area (Å²) in [6.45, 7) is 5.60. The fourth-order valence-corrected chi connectivity index (χ4v) is 4.60. The Kier molecular flexibility index (Phi) is 9.42. The van der Waals surface area contributed by atoms with E-state index in [0.717, 1.165) is 17.1 Å². The quantitative estimate of drug-likeness (QED) is 0.0960. The highest BCUT2D eigenvalue weighted by atomic mass is 79.9. The van der Waals surface area contributed by atoms with E-state index < -0.39 is 28.6 Å². The van der Waals surface area contributed by atoms with Crippen molar-refractivity contribution in [2.24, 2.45) is 5.10 Å². The summed E-state index contributed by atoms with van der Waals surface area (Å²) in [4.78, 5) is 35.1. The van der Waals surface area contributed by atoms with Gasteiger partial charge in [-0.25, -0.2) is 10.2 Å². The number of nitrogens with one attached hydrogen (secondary N) is 1. The summed E-state index contributed by atoms with van der Waals surface area (Å²) in [6.07, 6.45) is 0.146. The van der Waals surface area contributed by atoms with Crippen molar-refractivity contribution in [1.29, 1.82) is 0 Å². The number of carbonyl (C=O) groups is 2. The van der Waals surface area contributed by atoms with Crippen LogP contribution in [0.1, 0.15) is 40.2 Å². The van der Waals surface area contributed by atoms with Gasteiger partial charge in [0.2, 0.25) is 5.75 Å². The van der Waals surface area contributed by atoms with E-state index >= 15 is 0 Å². The molecule has 13 heteroatoms. The second-order valence-corrected chi connectivity index (χ2v) is 9.94. The van der Waals surface area contributed by atoms with Gasteiger partial charge >= 0.3 is 17.6 Å². The van der Waals surface area contributed by atoms with Gasteiger partial charge in [0.25, 0.3) is 0 Å². The lowest BCUT2D eigenvalue weighted by Crippen LogP contribution is -2.25. The summed E-state index contributed by atoms with van der Waals surface area (Å²) in [5.41, 5.74) is 5.49. The fourth-order valence-electron chi connectivity index (χ4n) is 4.04. The number of aromatic nitrogens is 1. The SMILES string of the molecule is COC(=O)[C@@H](C)Oc1c(Br)cc(/C=N/NC(=O)c2ccc(COc3ccc(-n4c(C)ccc4C)cc3)o2)cc1[N+](=O)[O-]. The molecule has 218 valence electrons. The van der Waals surface area contributed by atoms with E-state index in [1.54, 1.807) is 6.07 Å². The number of amides is 1. The lowest BCUT2D eigenvalue weighted by molar-refractivity contribution is -0.386. The molecule has 42 heavy (non-hydrogen) atoms. The second kappa shape index (κ2) is 13.2. The molecule has 2 aromatic heterocycles. The summed E-state index contributed by atoms with van der Waals surface area (Å²) >= 11 is 3.22. The smallest absolute Gasteiger partial charge is 0.346 e. The van der Waals surface area contributed by atoms with Crippen LogP contribution < -0.4 is 14.9 Å². The molecule has 2 heterocycles. The molecule has 12 nitrogen and oxygen atoms in total. The van der Waals surface area contributed by atoms with Crippen molar-refractivity contribution in [3.63, 3.8) is 0 Å². The van der Waals surface area contributed by atoms with Gasteiger partial charge in [-0.15, -0.1) is 0 Å². The third kappa shape index (κ3) is 7.04. The van der Waals surface area contributed by atoms with Crippen molar-refractivity contribution in [2.45, 2.75) is 33.5 Å². The van der Waals surface area contributed by atoms with E-state index in [-0.39, 0.29) is 28.2 Å². The highest BCUT2D eigenvalue weighted by Crippen LogP contribution is 2.37. The maximum absolute atomic E-state index is 12.5. The van der Waals surface area contributed by atoms with Crippen LogP contribution in [0.5, 0.6) is 11.5 Å². The number of furan rings is 1. The number of methoxy groups -OCH3 is 1. The number of halogens is 1. The Hall–Kier alpha value is -4.91. The number of benzene rings is 2. The molecule has 0 saturated heterocycles. The first-order valence-corrected chi connectivity index (χ1v) is 13.4. The van der Waals surface area contributed by atoms with Crippen molar-refractivity contribution in [3.8, 4) is 17.2 Å². The van der Waals surface area contributed by atoms with Gasteiger partial charge < -0.3 is 23.2 Å². The second-order valence-electron chi connectivity index (χ2n) is 9.09. The molecule has 0 fully saturated rings. The van der Waals surface area contributed by atoms with Gasteiger partial charge in [0, 0.05) is 28.7 Å². The number of nitro benzene ring substituents is 1. The predicted octanol–water partition coefficient (Wildman–Crippen LogP) is 5.64. The minimum Gasteiger partial charge on any atom is -0.486 e. The van der Waals surface area contributed by atoms with Gasteiger partial charge in [-0.05, 0) is 91.3 Å². The largest absolute Gasteiger partial charge is 0.486 e. The highest BCUT2D eigenvalue weighted by molar-refractivity contribution is 9.10. The predicted molar refractivity (Wildman–Crippen MR) is 156 cm³/mol. The summed E-state index contributed by atoms with van der Waals surface area (Å²) in [5, 5.41) is 15.5. The van der Waals surface area contributed by atoms with Crippen molar-refractivity contribution >= 4 is 39.7 Å². The molecule has 0 unspecified atom stereocenters. The number of ether oxygens (including phenoxy) is 3. The van der Waals surface area contributed by atoms with E-state index in [1.807, 2.05) is 38.1 Å². The maximum Gasteiger partial charge on any atom is 0.346 e. The summed E-state index contributed by atoms with van der Waals surface area (Å²) < 4.78 is 23.7. The summed E-state index contributed by atoms with van der Waals surface area (Å²) in [5.74, 6) is -0.380. The first kappa shape index (κ1) is 30.1. The molecule has 4 rings (SSSR count). The van der Waals surface area contributed by atoms with Gasteiger partial charge in [0.05, 0.1) is 22.7 Å². The molecule has 1 atom stereocenters. The lowest BCUT2D eigenvalue weighted by atomic mass is 10.2. The van der Waals surface area contributed by atoms with Crippen LogP contribution in [0.4, 0.5) is 5.69 Å². The van der Waals surface area contributed by atoms with Crippen molar-refractivity contribution < 1.29 is 33.1 Å². The van der Waals surface area contributed by atoms with Gasteiger partial charge in [-0.3, -0.25) is 14.9 Å². The lowest BCUT2D eigenvalue weighted by Gasteiger charge is -2.14. The first-order valence-electron chi connectivity index (χ1n) is 12.6. The first-order chi connectivity index (χ1) is 20.1. The maximum atomic E-state index is 12.5. The van der Waals surface area contributed by atoms with E-state index in [2.05, 4.69) is 47.9 Å². The van der Waals surface area contributed by atoms with Crippen molar-refractivity contribution in [3.05, 3.63) is 104 Å². The number of nitrogens with zero attached hydrogens (tertiary/aromatic N) is 3. The number of carbonyl (C=O) groups excluding carboxylic acids is 2. The Labute approximate surface area is 249 Å². The highest BCUT2D eigenvalue weighted by Gasteiger charge is 2.25. The van der Waals surface area contributed by atoms with Crippen molar-refractivity contribution in [1.82, 2.24) is 9.99 Å². The normalized spacial score (nSPS) is 11.7. The standard InChI is InChI=1S/C29H27BrN4O8/c1-17-5-6-18(2)33(17)21-7-9-22(10-8-21)40-16-23-11-12-26(42-23)28(35)32-31-15-20-13-24(30)27(25(14-20)34(37)38)41-19(3)29(36)39-4/h5-15,19H,16H2,1-4H3,(H,32,35)/b31-15+/t19-/m1/s1. The molecular formula is C29H27BrN4O8. The number of hydrazone groups is 1. The van der Waals surface area contributed by atoms with Crippen LogP contribution in [0.2, 0.25) is 0 Å². The van der Waals surface area contributed by atoms with E-state index in [0.29, 0.717) is 11.5 Å². The zero-order valence-electron chi connectivity index (χ0n) is 23.1. The number of aryl methyl sites for hydroxylation is 2. The van der Waals surface area contributed by atoms with Crippen LogP contribution in [0, 0.1) is 24.0 Å². The van der Waals surface area contributed by atoms with E-state index in [4.69, 9.17) is 13.9 Å². The Balaban J connectivity index is 1.35. The molecule has 0 bridgehead atoms. The Morgan fingerprint density at radius 2 is 1.81 bits per heavy atom. The van der Waals surface area contributed by atoms with E-state index in [1.165, 1.54) is 38.4 Å². The van der Waals surface area contributed by atoms with Crippen molar-refractivity contribution in [2.75, 3.05) is 7.11 Å². The Morgan fingerprint density at radius 3 is 2.45 bits per heavy atom. The Bertz CT molecular complexity index is 1620. The van der Waals surface area contributed by atoms with Crippen LogP contribution >= 0.6 is 15.9 Å². The number of rotatable bonds is 11. The average Bonchev–Trinajstić information content (AvgIpc) is 3.58. The van der Waals surface area contributed by atoms with Crippen LogP contribution in [-0.2, 0) is 16.1 Å². The zero-order valence-corrected chi connectivity index (χ0v) is 24.7. The molecule has 0 saturated carbocycles. The van der Waals surface area contributed by atoms with Crippen LogP contribution in [-0.4, -0.2) is 40.8 Å².